The minimum Gasteiger partial charge on any atom is -0.309 e. The Morgan fingerprint density at radius 3 is 1.69 bits per heavy atom. The average Bonchev–Trinajstić information content (AvgIpc) is 3.84. The number of hydrogen-bond donors (Lipinski definition) is 0. The Kier molecular flexibility index (Phi) is 5.81. The molecule has 0 radical (unpaired) electrons. The van der Waals surface area contributed by atoms with E-state index in [0.717, 1.165) is 72.3 Å². The summed E-state index contributed by atoms with van der Waals surface area (Å²) in [6.07, 6.45) is 0. The molecule has 0 aliphatic carbocycles. The second-order valence-electron chi connectivity index (χ2n) is 14.4. The number of nitrogens with zero attached hydrogens (tertiary/aromatic N) is 4. The molecule has 0 spiro atoms. The van der Waals surface area contributed by atoms with Crippen LogP contribution in [-0.2, 0) is 5.41 Å². The molecular weight excluding hydrogens is 637 g/mol. The van der Waals surface area contributed by atoms with Crippen LogP contribution < -0.4 is 0 Å². The molecule has 0 saturated carbocycles. The molecule has 0 bridgehead atoms. The van der Waals surface area contributed by atoms with Gasteiger partial charge >= 0.3 is 0 Å². The lowest BCUT2D eigenvalue weighted by molar-refractivity contribution is 0.0948. The van der Waals surface area contributed by atoms with Crippen LogP contribution in [0.4, 0.5) is 0 Å². The Balaban J connectivity index is 1.16. The van der Waals surface area contributed by atoms with Gasteiger partial charge in [0.05, 0.1) is 33.1 Å². The van der Waals surface area contributed by atoms with Crippen molar-refractivity contribution in [1.82, 2.24) is 18.7 Å². The van der Waals surface area contributed by atoms with Gasteiger partial charge in [-0.3, -0.25) is 9.36 Å². The smallest absolute Gasteiger partial charge is 0.264 e. The van der Waals surface area contributed by atoms with Gasteiger partial charge in [0.2, 0.25) is 0 Å². The van der Waals surface area contributed by atoms with Crippen molar-refractivity contribution in [3.8, 4) is 22.5 Å². The number of fused-ring (bicyclic) bond motifs is 10. The van der Waals surface area contributed by atoms with E-state index in [1.54, 1.807) is 0 Å². The third kappa shape index (κ3) is 3.88. The van der Waals surface area contributed by atoms with E-state index in [4.69, 9.17) is 4.98 Å². The van der Waals surface area contributed by atoms with Crippen molar-refractivity contribution in [2.75, 3.05) is 0 Å². The van der Waals surface area contributed by atoms with Gasteiger partial charge < -0.3 is 9.13 Å². The molecule has 52 heavy (non-hydrogen) atoms. The van der Waals surface area contributed by atoms with E-state index < -0.39 is 5.41 Å². The molecule has 5 heteroatoms. The first-order valence-electron chi connectivity index (χ1n) is 17.8. The lowest BCUT2D eigenvalue weighted by Crippen LogP contribution is -2.35. The standard InChI is InChI=1S/C47H32N4O/c1-47(2)38-19-11-9-18-34(38)45(52)51-44-28-43-37(27-39(44)48-46(47)51)36-26-30(22-24-42(36)50(43)32-15-7-4-8-16-32)29-21-23-41-35(25-29)33-17-10-12-20-40(33)49(41)31-13-5-3-6-14-31/h3-28H,1-2H3. The summed E-state index contributed by atoms with van der Waals surface area (Å²) in [5.74, 6) is 0.749. The number of benzene rings is 7. The molecule has 11 rings (SSSR count). The Hall–Kier alpha value is -6.72. The van der Waals surface area contributed by atoms with Crippen molar-refractivity contribution in [2.24, 2.45) is 0 Å². The summed E-state index contributed by atoms with van der Waals surface area (Å²) < 4.78 is 6.51. The molecule has 7 aromatic carbocycles. The van der Waals surface area contributed by atoms with E-state index in [9.17, 15) is 4.79 Å². The normalized spacial score (nSPS) is 13.8. The molecule has 0 amide bonds. The maximum absolute atomic E-state index is 14.1. The monoisotopic (exact) mass is 668 g/mol. The van der Waals surface area contributed by atoms with Crippen LogP contribution in [0.3, 0.4) is 0 Å². The molecule has 1 aliphatic rings. The lowest BCUT2D eigenvalue weighted by Gasteiger charge is -2.31. The molecule has 3 aromatic heterocycles. The Morgan fingerprint density at radius 1 is 0.462 bits per heavy atom. The highest BCUT2D eigenvalue weighted by molar-refractivity contribution is 6.16. The Bertz CT molecular complexity index is 3110. The van der Waals surface area contributed by atoms with Crippen molar-refractivity contribution < 1.29 is 4.79 Å². The number of aromatic nitrogens is 4. The zero-order valence-corrected chi connectivity index (χ0v) is 28.7. The lowest BCUT2D eigenvalue weighted by atomic mass is 9.78. The molecule has 246 valence electrons. The van der Waals surface area contributed by atoms with E-state index >= 15 is 0 Å². The van der Waals surface area contributed by atoms with Gasteiger partial charge in [0.25, 0.3) is 5.91 Å². The third-order valence-electron chi connectivity index (χ3n) is 11.2. The van der Waals surface area contributed by atoms with Crippen LogP contribution in [-0.4, -0.2) is 24.6 Å². The molecule has 0 N–H and O–H groups in total. The maximum Gasteiger partial charge on any atom is 0.264 e. The predicted molar refractivity (Wildman–Crippen MR) is 212 cm³/mol. The highest BCUT2D eigenvalue weighted by atomic mass is 16.2. The maximum atomic E-state index is 14.1. The highest BCUT2D eigenvalue weighted by Gasteiger charge is 2.39. The Labute approximate surface area is 299 Å². The van der Waals surface area contributed by atoms with Gasteiger partial charge in [0, 0.05) is 43.9 Å². The van der Waals surface area contributed by atoms with E-state index in [2.05, 4.69) is 156 Å². The Morgan fingerprint density at radius 2 is 1.00 bits per heavy atom. The first kappa shape index (κ1) is 29.1. The van der Waals surface area contributed by atoms with Gasteiger partial charge in [0.15, 0.2) is 0 Å². The molecule has 10 aromatic rings. The fourth-order valence-electron chi connectivity index (χ4n) is 8.71. The first-order valence-corrected chi connectivity index (χ1v) is 17.8. The van der Waals surface area contributed by atoms with Gasteiger partial charge in [-0.1, -0.05) is 84.9 Å². The van der Waals surface area contributed by atoms with Crippen molar-refractivity contribution >= 4 is 60.6 Å². The minimum absolute atomic E-state index is 0.0274. The fraction of sp³-hybridized carbons (Fsp3) is 0.0638. The van der Waals surface area contributed by atoms with Crippen molar-refractivity contribution in [1.29, 1.82) is 0 Å². The average molecular weight is 669 g/mol. The predicted octanol–water partition coefficient (Wildman–Crippen LogP) is 11.2. The van der Waals surface area contributed by atoms with Crippen LogP contribution >= 0.6 is 0 Å². The van der Waals surface area contributed by atoms with Crippen LogP contribution in [0.25, 0.3) is 77.1 Å². The molecule has 0 unspecified atom stereocenters. The van der Waals surface area contributed by atoms with Crippen molar-refractivity contribution in [2.45, 2.75) is 19.3 Å². The molecule has 5 nitrogen and oxygen atoms in total. The second-order valence-corrected chi connectivity index (χ2v) is 14.4. The zero-order chi connectivity index (χ0) is 34.7. The number of imidazole rings is 1. The van der Waals surface area contributed by atoms with Gasteiger partial charge in [0.1, 0.15) is 5.82 Å². The van der Waals surface area contributed by atoms with Crippen molar-refractivity contribution in [3.63, 3.8) is 0 Å². The SMILES string of the molecule is CC1(C)c2ccccc2C(=O)n2c1nc1cc3c4cc(-c5ccc6c(c5)c5ccccc5n6-c5ccccc5)ccc4n(-c4ccccc4)c3cc12. The molecule has 0 fully saturated rings. The first-order chi connectivity index (χ1) is 25.5. The van der Waals surface area contributed by atoms with E-state index in [1.165, 1.54) is 21.8 Å². The highest BCUT2D eigenvalue weighted by Crippen LogP contribution is 2.43. The van der Waals surface area contributed by atoms with Crippen LogP contribution in [0.5, 0.6) is 0 Å². The second kappa shape index (κ2) is 10.4. The number of carbonyl (C=O) groups excluding carboxylic acids is 1. The fourth-order valence-corrected chi connectivity index (χ4v) is 8.71. The summed E-state index contributed by atoms with van der Waals surface area (Å²) in [5.41, 5.74) is 12.0. The number of carbonyl (C=O) groups is 1. The van der Waals surface area contributed by atoms with Crippen LogP contribution in [0.15, 0.2) is 158 Å². The summed E-state index contributed by atoms with van der Waals surface area (Å²) >= 11 is 0. The molecule has 4 heterocycles. The molecular formula is C47H32N4O. The number of rotatable bonds is 3. The molecule has 0 saturated heterocycles. The molecule has 0 atom stereocenters. The van der Waals surface area contributed by atoms with Gasteiger partial charge in [-0.2, -0.15) is 0 Å². The van der Waals surface area contributed by atoms with Gasteiger partial charge in [-0.25, -0.2) is 4.98 Å². The summed E-state index contributed by atoms with van der Waals surface area (Å²) in [6.45, 7) is 4.32. The third-order valence-corrected chi connectivity index (χ3v) is 11.2. The summed E-state index contributed by atoms with van der Waals surface area (Å²) in [7, 11) is 0. The molecule has 1 aliphatic heterocycles. The van der Waals surface area contributed by atoms with Crippen LogP contribution in [0.2, 0.25) is 0 Å². The largest absolute Gasteiger partial charge is 0.309 e. The number of hydrogen-bond acceptors (Lipinski definition) is 2. The van der Waals surface area contributed by atoms with Crippen LogP contribution in [0, 0.1) is 0 Å². The van der Waals surface area contributed by atoms with E-state index in [1.807, 2.05) is 28.8 Å². The van der Waals surface area contributed by atoms with Gasteiger partial charge in [-0.15, -0.1) is 0 Å². The summed E-state index contributed by atoms with van der Waals surface area (Å²) in [4.78, 5) is 19.3. The minimum atomic E-state index is -0.430. The topological polar surface area (TPSA) is 44.8 Å². The van der Waals surface area contributed by atoms with Crippen molar-refractivity contribution in [3.05, 3.63) is 175 Å². The summed E-state index contributed by atoms with van der Waals surface area (Å²) in [5, 5.41) is 4.70. The number of para-hydroxylation sites is 3. The van der Waals surface area contributed by atoms with E-state index in [0.29, 0.717) is 0 Å². The van der Waals surface area contributed by atoms with Crippen LogP contribution in [0.1, 0.15) is 35.6 Å². The quantitative estimate of drug-likeness (QED) is 0.188. The van der Waals surface area contributed by atoms with E-state index in [-0.39, 0.29) is 5.91 Å². The summed E-state index contributed by atoms with van der Waals surface area (Å²) in [6, 6.07) is 55.6. The zero-order valence-electron chi connectivity index (χ0n) is 28.7. The van der Waals surface area contributed by atoms with Gasteiger partial charge in [-0.05, 0) is 103 Å².